The number of hydrogen-bond acceptors (Lipinski definition) is 8. The van der Waals surface area contributed by atoms with Gasteiger partial charge in [-0.3, -0.25) is 44.3 Å². The Balaban J connectivity index is 0.000000202. The second-order valence-electron chi connectivity index (χ2n) is 15.5. The van der Waals surface area contributed by atoms with Gasteiger partial charge in [0.15, 0.2) is 0 Å². The number of imide groups is 1. The smallest absolute Gasteiger partial charge is 0.370 e. The maximum atomic E-state index is 12.5. The molecule has 5 aliphatic rings. The first-order chi connectivity index (χ1) is 25.9. The van der Waals surface area contributed by atoms with Crippen LogP contribution in [0.15, 0.2) is 60.9 Å². The summed E-state index contributed by atoms with van der Waals surface area (Å²) in [5.41, 5.74) is 5.63. The normalized spacial score (nSPS) is 22.1. The van der Waals surface area contributed by atoms with Gasteiger partial charge in [-0.25, -0.2) is 17.1 Å². The Bertz CT molecular complexity index is 1970. The molecule has 1 aromatic heterocycles. The molecule has 5 aliphatic heterocycles. The average Bonchev–Trinajstić information content (AvgIpc) is 3.60. The van der Waals surface area contributed by atoms with Gasteiger partial charge in [0.05, 0.1) is 22.5 Å². The SMILES string of the molecule is C=C1CCC(N2C(=O)c3cc([CH2-])c([CH2-])cc3C2=O)C(=O)N1.[CH2-]C1CCN(c2ccc(N3CCC4(CC3)C[C@H](C)N(c3ccc(C#N)c(Cl)c3)C4)cn2)CC1.[Li+]. The van der Waals surface area contributed by atoms with E-state index in [9.17, 15) is 19.6 Å². The number of benzene rings is 2. The van der Waals surface area contributed by atoms with Crippen LogP contribution in [0, 0.1) is 43.4 Å². The van der Waals surface area contributed by atoms with Crippen LogP contribution < -0.4 is 38.9 Å². The van der Waals surface area contributed by atoms with Crippen LogP contribution in [0.1, 0.15) is 89.3 Å². The van der Waals surface area contributed by atoms with Crippen molar-refractivity contribution in [2.75, 3.05) is 47.4 Å². The minimum atomic E-state index is -0.788. The van der Waals surface area contributed by atoms with Gasteiger partial charge in [-0.05, 0) is 85.9 Å². The number of rotatable bonds is 4. The number of carbonyl (C=O) groups is 3. The second-order valence-corrected chi connectivity index (χ2v) is 16.0. The number of amides is 3. The predicted molar refractivity (Wildman–Crippen MR) is 212 cm³/mol. The maximum Gasteiger partial charge on any atom is 1.00 e. The largest absolute Gasteiger partial charge is 1.00 e. The molecule has 6 heterocycles. The molecule has 1 unspecified atom stereocenters. The molecule has 3 aromatic rings. The number of aromatic nitrogens is 1. The van der Waals surface area contributed by atoms with Crippen molar-refractivity contribution in [3.63, 3.8) is 0 Å². The summed E-state index contributed by atoms with van der Waals surface area (Å²) < 4.78 is 0. The fourth-order valence-corrected chi connectivity index (χ4v) is 8.86. The number of carbonyl (C=O) groups excluding carboxylic acids is 3. The molecule has 10 nitrogen and oxygen atoms in total. The summed E-state index contributed by atoms with van der Waals surface area (Å²) in [4.78, 5) is 50.1. The van der Waals surface area contributed by atoms with Gasteiger partial charge in [-0.2, -0.15) is 11.2 Å². The number of nitrogens with zero attached hydrogens (tertiary/aromatic N) is 6. The molecule has 1 N–H and O–H groups in total. The maximum absolute atomic E-state index is 12.5. The number of anilines is 3. The molecule has 4 saturated heterocycles. The Morgan fingerprint density at radius 1 is 0.927 bits per heavy atom. The standard InChI is InChI=1S/C27H33ClN5.C16H14N2O3.Li/c1-20-7-11-32(12-8-20)26-6-5-24(18-30-26)31-13-9-27(10-14-31)16-21(2)33(19-27)23-4-3-22(17-29)25(28)15-23;1-8-6-11-12(7-9(8)2)16(21)18(15(11)20)13-5-4-10(3)17-14(13)19;/h3-6,15,18,20-21H,1,7-14,16,19H2,2H3;6-7,13H,1-5H2,(H,17,19);/q-1;-2;+1/t21-;;/m0../s1. The summed E-state index contributed by atoms with van der Waals surface area (Å²) in [7, 11) is 0. The van der Waals surface area contributed by atoms with Crippen LogP contribution in [0.25, 0.3) is 0 Å². The summed E-state index contributed by atoms with van der Waals surface area (Å²) in [6.45, 7) is 23.1. The van der Waals surface area contributed by atoms with E-state index in [0.29, 0.717) is 57.6 Å². The summed E-state index contributed by atoms with van der Waals surface area (Å²) in [6.07, 6.45) is 8.90. The van der Waals surface area contributed by atoms with Gasteiger partial charge in [-0.1, -0.05) is 31.0 Å². The molecule has 55 heavy (non-hydrogen) atoms. The summed E-state index contributed by atoms with van der Waals surface area (Å²) in [6, 6.07) is 15.2. The van der Waals surface area contributed by atoms with Crippen molar-refractivity contribution in [1.82, 2.24) is 15.2 Å². The number of hydrogen-bond donors (Lipinski definition) is 1. The minimum absolute atomic E-state index is 0. The molecule has 2 atom stereocenters. The molecule has 8 rings (SSSR count). The zero-order chi connectivity index (χ0) is 38.3. The fourth-order valence-electron chi connectivity index (χ4n) is 8.64. The summed E-state index contributed by atoms with van der Waals surface area (Å²) in [5, 5.41) is 12.3. The molecule has 0 aliphatic carbocycles. The zero-order valence-electron chi connectivity index (χ0n) is 32.0. The second kappa shape index (κ2) is 16.3. The molecular formula is C43H47ClLiN7O3-2. The van der Waals surface area contributed by atoms with E-state index in [1.807, 2.05) is 18.2 Å². The van der Waals surface area contributed by atoms with Gasteiger partial charge in [0.2, 0.25) is 17.7 Å². The van der Waals surface area contributed by atoms with E-state index in [4.69, 9.17) is 16.6 Å². The first-order valence-corrected chi connectivity index (χ1v) is 19.2. The van der Waals surface area contributed by atoms with Crippen LogP contribution in [0.5, 0.6) is 0 Å². The van der Waals surface area contributed by atoms with E-state index >= 15 is 0 Å². The van der Waals surface area contributed by atoms with Crippen molar-refractivity contribution in [2.45, 2.75) is 64.0 Å². The van der Waals surface area contributed by atoms with Crippen LogP contribution >= 0.6 is 11.6 Å². The molecular weight excluding hydrogens is 705 g/mol. The third-order valence-corrected chi connectivity index (χ3v) is 12.2. The molecule has 1 spiro atoms. The molecule has 3 amide bonds. The quantitative estimate of drug-likeness (QED) is 0.242. The van der Waals surface area contributed by atoms with Gasteiger partial charge < -0.3 is 26.9 Å². The van der Waals surface area contributed by atoms with Crippen molar-refractivity contribution in [3.8, 4) is 6.07 Å². The van der Waals surface area contributed by atoms with E-state index in [2.05, 4.69) is 78.7 Å². The number of fused-ring (bicyclic) bond motifs is 1. The van der Waals surface area contributed by atoms with E-state index in [1.54, 1.807) is 12.1 Å². The van der Waals surface area contributed by atoms with E-state index in [1.165, 1.54) is 24.9 Å². The Morgan fingerprint density at radius 3 is 2.13 bits per heavy atom. The van der Waals surface area contributed by atoms with E-state index in [-0.39, 0.29) is 35.9 Å². The topological polar surface area (TPSA) is 113 Å². The summed E-state index contributed by atoms with van der Waals surface area (Å²) >= 11 is 6.32. The van der Waals surface area contributed by atoms with Crippen molar-refractivity contribution < 1.29 is 33.2 Å². The number of pyridine rings is 1. The first kappa shape index (κ1) is 40.1. The third-order valence-electron chi connectivity index (χ3n) is 11.9. The average molecular weight is 752 g/mol. The fraction of sp³-hybridized carbons (Fsp3) is 0.395. The molecule has 4 fully saturated rings. The molecule has 12 heteroatoms. The van der Waals surface area contributed by atoms with Crippen LogP contribution in [0.3, 0.4) is 0 Å². The molecule has 282 valence electrons. The van der Waals surface area contributed by atoms with Gasteiger partial charge in [0.1, 0.15) is 17.9 Å². The molecule has 0 saturated carbocycles. The molecule has 0 bridgehead atoms. The van der Waals surface area contributed by atoms with E-state index < -0.39 is 17.9 Å². The number of allylic oxidation sites excluding steroid dienone is 1. The summed E-state index contributed by atoms with van der Waals surface area (Å²) in [5.74, 6) is 0.412. The zero-order valence-corrected chi connectivity index (χ0v) is 32.7. The van der Waals surface area contributed by atoms with Gasteiger partial charge >= 0.3 is 18.9 Å². The van der Waals surface area contributed by atoms with Crippen LogP contribution in [0.2, 0.25) is 5.02 Å². The van der Waals surface area contributed by atoms with Gasteiger partial charge in [-0.15, -0.1) is 0 Å². The number of halogens is 1. The predicted octanol–water partition coefficient (Wildman–Crippen LogP) is 3.99. The van der Waals surface area contributed by atoms with Crippen molar-refractivity contribution >= 4 is 46.5 Å². The first-order valence-electron chi connectivity index (χ1n) is 18.8. The van der Waals surface area contributed by atoms with Crippen LogP contribution in [-0.4, -0.2) is 72.4 Å². The van der Waals surface area contributed by atoms with Crippen LogP contribution in [-0.2, 0) is 4.79 Å². The molecule has 2 aromatic carbocycles. The Hall–Kier alpha value is -4.54. The van der Waals surface area contributed by atoms with Gasteiger partial charge in [0.25, 0.3) is 0 Å². The monoisotopic (exact) mass is 751 g/mol. The Morgan fingerprint density at radius 2 is 1.56 bits per heavy atom. The number of piperidine rings is 3. The Labute approximate surface area is 342 Å². The van der Waals surface area contributed by atoms with E-state index in [0.717, 1.165) is 62.0 Å². The number of nitrogens with one attached hydrogen (secondary N) is 1. The van der Waals surface area contributed by atoms with Crippen molar-refractivity contribution in [2.24, 2.45) is 11.3 Å². The van der Waals surface area contributed by atoms with Crippen LogP contribution in [0.4, 0.5) is 17.2 Å². The van der Waals surface area contributed by atoms with Gasteiger partial charge in [0, 0.05) is 50.2 Å². The molecule has 0 radical (unpaired) electrons. The number of nitriles is 1. The van der Waals surface area contributed by atoms with Crippen molar-refractivity contribution in [1.29, 1.82) is 5.26 Å². The minimum Gasteiger partial charge on any atom is -0.370 e. The third kappa shape index (κ3) is 8.07. The van der Waals surface area contributed by atoms with Crippen molar-refractivity contribution in [3.05, 3.63) is 115 Å². The Kier molecular flexibility index (Phi) is 11.9.